The first-order chi connectivity index (χ1) is 9.85. The van der Waals surface area contributed by atoms with E-state index in [4.69, 9.17) is 0 Å². The minimum atomic E-state index is -3.49. The maximum absolute atomic E-state index is 12.1. The van der Waals surface area contributed by atoms with Gasteiger partial charge in [-0.15, -0.1) is 0 Å². The highest BCUT2D eigenvalue weighted by Crippen LogP contribution is 2.11. The number of Topliss-reactive ketones (excluding diaryl/α,β-unsaturated/α-hetero) is 1. The molecule has 114 valence electrons. The van der Waals surface area contributed by atoms with E-state index in [1.54, 1.807) is 12.1 Å². The number of sulfone groups is 1. The molecule has 1 saturated heterocycles. The second kappa shape index (κ2) is 6.39. The average molecular weight is 309 g/mol. The molecule has 21 heavy (non-hydrogen) atoms. The van der Waals surface area contributed by atoms with Crippen LogP contribution in [0.3, 0.4) is 0 Å². The van der Waals surface area contributed by atoms with Crippen molar-refractivity contribution in [1.82, 2.24) is 4.90 Å². The Morgan fingerprint density at radius 2 is 1.90 bits per heavy atom. The van der Waals surface area contributed by atoms with Crippen LogP contribution >= 0.6 is 0 Å². The quantitative estimate of drug-likeness (QED) is 0.835. The molecule has 0 unspecified atom stereocenters. The topological polar surface area (TPSA) is 71.5 Å². The summed E-state index contributed by atoms with van der Waals surface area (Å²) in [5.74, 6) is -0.903. The highest BCUT2D eigenvalue weighted by molar-refractivity contribution is 7.91. The summed E-state index contributed by atoms with van der Waals surface area (Å²) in [4.78, 5) is 24.6. The van der Waals surface area contributed by atoms with Crippen molar-refractivity contribution in [3.05, 3.63) is 35.4 Å². The molecule has 1 amide bonds. The molecule has 1 heterocycles. The molecule has 1 aliphatic rings. The normalized spacial score (nSPS) is 16.0. The molecule has 0 radical (unpaired) electrons. The summed E-state index contributed by atoms with van der Waals surface area (Å²) in [5.41, 5.74) is 1.68. The third kappa shape index (κ3) is 4.67. The minimum absolute atomic E-state index is 0.127. The van der Waals surface area contributed by atoms with Crippen LogP contribution in [0, 0.1) is 6.92 Å². The second-order valence-corrected chi connectivity index (χ2v) is 7.51. The van der Waals surface area contributed by atoms with Crippen molar-refractivity contribution >= 4 is 21.5 Å². The van der Waals surface area contributed by atoms with Gasteiger partial charge in [0.2, 0.25) is 5.91 Å². The van der Waals surface area contributed by atoms with Crippen molar-refractivity contribution in [3.8, 4) is 0 Å². The summed E-state index contributed by atoms with van der Waals surface area (Å²) >= 11 is 0. The largest absolute Gasteiger partial charge is 0.341 e. The molecule has 1 aromatic carbocycles. The molecule has 0 atom stereocenters. The van der Waals surface area contributed by atoms with Gasteiger partial charge in [0.1, 0.15) is 11.5 Å². The van der Waals surface area contributed by atoms with Crippen molar-refractivity contribution < 1.29 is 18.0 Å². The summed E-state index contributed by atoms with van der Waals surface area (Å²) < 4.78 is 24.2. The summed E-state index contributed by atoms with van der Waals surface area (Å²) in [5, 5.41) is 0. The lowest BCUT2D eigenvalue weighted by atomic mass is 10.1. The van der Waals surface area contributed by atoms with E-state index in [0.29, 0.717) is 31.5 Å². The molecule has 2 rings (SSSR count). The van der Waals surface area contributed by atoms with Crippen LogP contribution in [0.15, 0.2) is 24.3 Å². The van der Waals surface area contributed by atoms with Gasteiger partial charge < -0.3 is 4.90 Å². The number of carbonyl (C=O) groups excluding carboxylic acids is 2. The van der Waals surface area contributed by atoms with E-state index in [1.165, 1.54) is 4.90 Å². The van der Waals surface area contributed by atoms with Crippen LogP contribution in [0.4, 0.5) is 0 Å². The van der Waals surface area contributed by atoms with Crippen molar-refractivity contribution in [2.75, 3.05) is 18.8 Å². The zero-order valence-electron chi connectivity index (χ0n) is 12.0. The molecule has 1 aliphatic heterocycles. The number of ketones is 1. The number of carbonyl (C=O) groups is 2. The number of nitrogens with zero attached hydrogens (tertiary/aromatic N) is 1. The van der Waals surface area contributed by atoms with Crippen molar-refractivity contribution in [1.29, 1.82) is 0 Å². The molecule has 0 saturated carbocycles. The molecular weight excluding hydrogens is 290 g/mol. The highest BCUT2D eigenvalue weighted by Gasteiger charge is 2.25. The van der Waals surface area contributed by atoms with Crippen LogP contribution < -0.4 is 0 Å². The van der Waals surface area contributed by atoms with E-state index < -0.39 is 21.5 Å². The van der Waals surface area contributed by atoms with Crippen molar-refractivity contribution in [2.24, 2.45) is 0 Å². The number of hydrogen-bond acceptors (Lipinski definition) is 4. The Morgan fingerprint density at radius 3 is 2.52 bits per heavy atom. The number of amides is 1. The first kappa shape index (κ1) is 15.7. The molecule has 0 spiro atoms. The standard InChI is InChI=1S/C15H19NO4S/c1-12-3-2-4-13(9-12)10-21(19,20)11-15(18)16-7-5-14(17)6-8-16/h2-4,9H,5-8,10-11H2,1H3. The van der Waals surface area contributed by atoms with E-state index in [9.17, 15) is 18.0 Å². The van der Waals surface area contributed by atoms with Gasteiger partial charge in [-0.2, -0.15) is 0 Å². The number of aryl methyl sites for hydroxylation is 1. The Morgan fingerprint density at radius 1 is 1.24 bits per heavy atom. The maximum atomic E-state index is 12.1. The lowest BCUT2D eigenvalue weighted by Gasteiger charge is -2.25. The number of rotatable bonds is 4. The lowest BCUT2D eigenvalue weighted by molar-refractivity contribution is -0.132. The van der Waals surface area contributed by atoms with E-state index in [1.807, 2.05) is 19.1 Å². The van der Waals surface area contributed by atoms with Crippen molar-refractivity contribution in [3.63, 3.8) is 0 Å². The average Bonchev–Trinajstić information content (AvgIpc) is 2.38. The summed E-state index contributed by atoms with van der Waals surface area (Å²) in [6.45, 7) is 2.56. The fourth-order valence-electron chi connectivity index (χ4n) is 2.39. The molecule has 1 aromatic rings. The SMILES string of the molecule is Cc1cccc(CS(=O)(=O)CC(=O)N2CCC(=O)CC2)c1. The molecule has 0 aliphatic carbocycles. The zero-order valence-corrected chi connectivity index (χ0v) is 12.9. The summed E-state index contributed by atoms with van der Waals surface area (Å²) in [6.07, 6.45) is 0.646. The second-order valence-electron chi connectivity index (χ2n) is 5.44. The first-order valence-corrected chi connectivity index (χ1v) is 8.73. The number of hydrogen-bond donors (Lipinski definition) is 0. The fraction of sp³-hybridized carbons (Fsp3) is 0.467. The van der Waals surface area contributed by atoms with Gasteiger partial charge in [0.05, 0.1) is 5.75 Å². The first-order valence-electron chi connectivity index (χ1n) is 6.91. The number of likely N-dealkylation sites (tertiary alicyclic amines) is 1. The Balaban J connectivity index is 1.97. The fourth-order valence-corrected chi connectivity index (χ4v) is 3.74. The van der Waals surface area contributed by atoms with Crippen LogP contribution in [0.1, 0.15) is 24.0 Å². The summed E-state index contributed by atoms with van der Waals surface area (Å²) in [6, 6.07) is 7.25. The van der Waals surface area contributed by atoms with E-state index >= 15 is 0 Å². The number of benzene rings is 1. The molecular formula is C15H19NO4S. The van der Waals surface area contributed by atoms with Gasteiger partial charge >= 0.3 is 0 Å². The lowest BCUT2D eigenvalue weighted by Crippen LogP contribution is -2.41. The van der Waals surface area contributed by atoms with Crippen molar-refractivity contribution in [2.45, 2.75) is 25.5 Å². The van der Waals surface area contributed by atoms with E-state index in [0.717, 1.165) is 5.56 Å². The van der Waals surface area contributed by atoms with Gasteiger partial charge in [-0.25, -0.2) is 8.42 Å². The van der Waals surface area contributed by atoms with Crippen LogP contribution in [0.25, 0.3) is 0 Å². The minimum Gasteiger partial charge on any atom is -0.341 e. The van der Waals surface area contributed by atoms with Crippen LogP contribution in [-0.2, 0) is 25.2 Å². The Kier molecular flexibility index (Phi) is 4.77. The van der Waals surface area contributed by atoms with E-state index in [2.05, 4.69) is 0 Å². The molecule has 6 heteroatoms. The Labute approximate surface area is 124 Å². The zero-order chi connectivity index (χ0) is 15.5. The molecule has 0 N–H and O–H groups in total. The third-order valence-electron chi connectivity index (χ3n) is 3.49. The molecule has 0 aromatic heterocycles. The van der Waals surface area contributed by atoms with Crippen LogP contribution in [-0.4, -0.2) is 43.9 Å². The predicted octanol–water partition coefficient (Wildman–Crippen LogP) is 1.10. The number of piperidine rings is 1. The maximum Gasteiger partial charge on any atom is 0.237 e. The van der Waals surface area contributed by atoms with Gasteiger partial charge in [0.25, 0.3) is 0 Å². The molecule has 0 bridgehead atoms. The monoisotopic (exact) mass is 309 g/mol. The van der Waals surface area contributed by atoms with Gasteiger partial charge in [0, 0.05) is 25.9 Å². The Hall–Kier alpha value is -1.69. The van der Waals surface area contributed by atoms with Crippen LogP contribution in [0.5, 0.6) is 0 Å². The third-order valence-corrected chi connectivity index (χ3v) is 4.95. The predicted molar refractivity (Wildman–Crippen MR) is 79.5 cm³/mol. The molecule has 5 nitrogen and oxygen atoms in total. The summed E-state index contributed by atoms with van der Waals surface area (Å²) in [7, 11) is -3.49. The molecule has 1 fully saturated rings. The van der Waals surface area contributed by atoms with Gasteiger partial charge in [-0.3, -0.25) is 9.59 Å². The van der Waals surface area contributed by atoms with Crippen LogP contribution in [0.2, 0.25) is 0 Å². The van der Waals surface area contributed by atoms with Gasteiger partial charge in [-0.1, -0.05) is 29.8 Å². The van der Waals surface area contributed by atoms with Gasteiger partial charge in [-0.05, 0) is 12.5 Å². The Bertz CT molecular complexity index is 641. The van der Waals surface area contributed by atoms with Gasteiger partial charge in [0.15, 0.2) is 9.84 Å². The smallest absolute Gasteiger partial charge is 0.237 e. The van der Waals surface area contributed by atoms with E-state index in [-0.39, 0.29) is 11.5 Å². The highest BCUT2D eigenvalue weighted by atomic mass is 32.2.